The third-order valence-electron chi connectivity index (χ3n) is 2.87. The fourth-order valence-corrected chi connectivity index (χ4v) is 2.25. The Morgan fingerprint density at radius 2 is 1.75 bits per heavy atom. The molecule has 7 heteroatoms. The fourth-order valence-electron chi connectivity index (χ4n) is 1.73. The average Bonchev–Trinajstić information content (AvgIpc) is 2.27. The minimum absolute atomic E-state index is 0.249. The molecule has 1 aromatic carbocycles. The summed E-state index contributed by atoms with van der Waals surface area (Å²) in [6, 6.07) is 4.08. The number of urea groups is 1. The number of amides is 2. The summed E-state index contributed by atoms with van der Waals surface area (Å²) in [7, 11) is 0. The van der Waals surface area contributed by atoms with Crippen molar-refractivity contribution in [2.75, 3.05) is 11.9 Å². The number of hydrogen-bond acceptors (Lipinski definition) is 2. The predicted molar refractivity (Wildman–Crippen MR) is 79.6 cm³/mol. The molecular weight excluding hydrogens is 303 g/mol. The Bertz CT molecular complexity index is 512. The predicted octanol–water partition coefficient (Wildman–Crippen LogP) is 3.71. The normalized spacial score (nSPS) is 11.1. The van der Waals surface area contributed by atoms with Gasteiger partial charge in [0.2, 0.25) is 0 Å². The lowest BCUT2D eigenvalue weighted by Gasteiger charge is -2.34. The molecule has 0 radical (unpaired) electrons. The molecule has 0 aromatic heterocycles. The van der Waals surface area contributed by atoms with Crippen LogP contribution in [0.5, 0.6) is 0 Å². The van der Waals surface area contributed by atoms with Crippen LogP contribution in [0.2, 0.25) is 10.0 Å². The first-order valence-corrected chi connectivity index (χ1v) is 6.72. The van der Waals surface area contributed by atoms with Crippen molar-refractivity contribution in [3.63, 3.8) is 0 Å². The lowest BCUT2D eigenvalue weighted by molar-refractivity contribution is -0.147. The summed E-state index contributed by atoms with van der Waals surface area (Å²) in [5.74, 6) is -1.08. The third kappa shape index (κ3) is 3.77. The minimum Gasteiger partial charge on any atom is -0.480 e. The number of halogens is 2. The molecule has 20 heavy (non-hydrogen) atoms. The quantitative estimate of drug-likeness (QED) is 0.889. The monoisotopic (exact) mass is 318 g/mol. The van der Waals surface area contributed by atoms with Crippen LogP contribution >= 0.6 is 23.2 Å². The minimum atomic E-state index is -1.32. The maximum atomic E-state index is 12.2. The molecule has 0 aliphatic heterocycles. The molecule has 0 saturated heterocycles. The van der Waals surface area contributed by atoms with Crippen LogP contribution in [-0.4, -0.2) is 34.1 Å². The second-order valence-corrected chi connectivity index (χ2v) is 5.57. The van der Waals surface area contributed by atoms with Crippen molar-refractivity contribution in [3.8, 4) is 0 Å². The van der Waals surface area contributed by atoms with E-state index in [4.69, 9.17) is 23.2 Å². The van der Waals surface area contributed by atoms with Crippen LogP contribution in [0.3, 0.4) is 0 Å². The number of benzene rings is 1. The molecule has 0 spiro atoms. The number of likely N-dealkylation sites (N-methyl/N-ethyl adjacent to an activating group) is 1. The highest BCUT2D eigenvalue weighted by Gasteiger charge is 2.36. The maximum Gasteiger partial charge on any atom is 0.329 e. The van der Waals surface area contributed by atoms with Gasteiger partial charge in [-0.1, -0.05) is 23.2 Å². The molecule has 0 fully saturated rings. The molecule has 0 aliphatic rings. The summed E-state index contributed by atoms with van der Waals surface area (Å²) >= 11 is 11.7. The number of carboxylic acids is 1. The molecule has 0 bridgehead atoms. The van der Waals surface area contributed by atoms with Gasteiger partial charge in [-0.2, -0.15) is 0 Å². The van der Waals surface area contributed by atoms with E-state index in [1.54, 1.807) is 6.92 Å². The first kappa shape index (κ1) is 16.6. The van der Waals surface area contributed by atoms with E-state index in [2.05, 4.69) is 5.32 Å². The fraction of sp³-hybridized carbons (Fsp3) is 0.385. The lowest BCUT2D eigenvalue weighted by atomic mass is 10.0. The van der Waals surface area contributed by atoms with Crippen molar-refractivity contribution >= 4 is 40.9 Å². The Morgan fingerprint density at radius 1 is 1.25 bits per heavy atom. The maximum absolute atomic E-state index is 12.2. The van der Waals surface area contributed by atoms with Gasteiger partial charge in [0.25, 0.3) is 0 Å². The standard InChI is InChI=1S/C13H16Cl2N2O3/c1-4-17(13(2,3)11(18)19)12(20)16-10-6-8(14)5-9(15)7-10/h5-7H,4H2,1-3H3,(H,16,20)(H,18,19). The van der Waals surface area contributed by atoms with Crippen LogP contribution < -0.4 is 5.32 Å². The smallest absolute Gasteiger partial charge is 0.329 e. The van der Waals surface area contributed by atoms with Crippen LogP contribution in [-0.2, 0) is 4.79 Å². The Balaban J connectivity index is 2.96. The Hall–Kier alpha value is -1.46. The van der Waals surface area contributed by atoms with Crippen molar-refractivity contribution in [2.24, 2.45) is 0 Å². The Labute approximate surface area is 127 Å². The van der Waals surface area contributed by atoms with E-state index in [1.165, 1.54) is 36.9 Å². The number of nitrogens with one attached hydrogen (secondary N) is 1. The van der Waals surface area contributed by atoms with Gasteiger partial charge >= 0.3 is 12.0 Å². The highest BCUT2D eigenvalue weighted by atomic mass is 35.5. The van der Waals surface area contributed by atoms with Gasteiger partial charge in [0.1, 0.15) is 5.54 Å². The Kier molecular flexibility index (Phi) is 5.25. The zero-order valence-electron chi connectivity index (χ0n) is 11.4. The Morgan fingerprint density at radius 3 is 2.15 bits per heavy atom. The van der Waals surface area contributed by atoms with Crippen LogP contribution in [0, 0.1) is 0 Å². The molecule has 0 atom stereocenters. The number of carboxylic acid groups (broad SMARTS) is 1. The molecule has 1 aromatic rings. The third-order valence-corrected chi connectivity index (χ3v) is 3.31. The summed E-state index contributed by atoms with van der Waals surface area (Å²) in [6.45, 7) is 4.88. The molecule has 0 heterocycles. The zero-order chi connectivity index (χ0) is 15.5. The average molecular weight is 319 g/mol. The van der Waals surface area contributed by atoms with E-state index in [9.17, 15) is 14.7 Å². The van der Waals surface area contributed by atoms with E-state index in [-0.39, 0.29) is 6.54 Å². The summed E-state index contributed by atoms with van der Waals surface area (Å²) in [5, 5.41) is 12.5. The summed E-state index contributed by atoms with van der Waals surface area (Å²) in [5.41, 5.74) is -0.909. The highest BCUT2D eigenvalue weighted by molar-refractivity contribution is 6.35. The van der Waals surface area contributed by atoms with E-state index in [1.807, 2.05) is 0 Å². The summed E-state index contributed by atoms with van der Waals surface area (Å²) < 4.78 is 0. The van der Waals surface area contributed by atoms with Crippen molar-refractivity contribution in [1.82, 2.24) is 4.90 Å². The van der Waals surface area contributed by atoms with E-state index < -0.39 is 17.5 Å². The molecule has 2 N–H and O–H groups in total. The molecule has 0 unspecified atom stereocenters. The van der Waals surface area contributed by atoms with Gasteiger partial charge in [0.05, 0.1) is 0 Å². The van der Waals surface area contributed by atoms with Gasteiger partial charge in [0.15, 0.2) is 0 Å². The van der Waals surface area contributed by atoms with Crippen LogP contribution in [0.1, 0.15) is 20.8 Å². The molecule has 0 aliphatic carbocycles. The van der Waals surface area contributed by atoms with E-state index >= 15 is 0 Å². The molecule has 5 nitrogen and oxygen atoms in total. The molecule has 2 amide bonds. The van der Waals surface area contributed by atoms with Crippen LogP contribution in [0.15, 0.2) is 18.2 Å². The highest BCUT2D eigenvalue weighted by Crippen LogP contribution is 2.23. The number of carbonyl (C=O) groups is 2. The zero-order valence-corrected chi connectivity index (χ0v) is 12.9. The van der Waals surface area contributed by atoms with Gasteiger partial charge in [-0.3, -0.25) is 0 Å². The van der Waals surface area contributed by atoms with Crippen molar-refractivity contribution in [1.29, 1.82) is 0 Å². The number of carbonyl (C=O) groups excluding carboxylic acids is 1. The number of rotatable bonds is 4. The topological polar surface area (TPSA) is 69.6 Å². The van der Waals surface area contributed by atoms with E-state index in [0.717, 1.165) is 0 Å². The largest absolute Gasteiger partial charge is 0.480 e. The molecular formula is C13H16Cl2N2O3. The number of aliphatic carboxylic acids is 1. The lowest BCUT2D eigenvalue weighted by Crippen LogP contribution is -2.54. The second-order valence-electron chi connectivity index (χ2n) is 4.70. The van der Waals surface area contributed by atoms with E-state index in [0.29, 0.717) is 15.7 Å². The first-order valence-electron chi connectivity index (χ1n) is 5.96. The van der Waals surface area contributed by atoms with Crippen LogP contribution in [0.25, 0.3) is 0 Å². The van der Waals surface area contributed by atoms with Gasteiger partial charge < -0.3 is 15.3 Å². The summed E-state index contributed by atoms with van der Waals surface area (Å²) in [4.78, 5) is 24.6. The molecule has 1 rings (SSSR count). The van der Waals surface area contributed by atoms with Gasteiger partial charge in [0, 0.05) is 22.3 Å². The van der Waals surface area contributed by atoms with Crippen LogP contribution in [0.4, 0.5) is 10.5 Å². The van der Waals surface area contributed by atoms with Crippen molar-refractivity contribution < 1.29 is 14.7 Å². The summed E-state index contributed by atoms with van der Waals surface area (Å²) in [6.07, 6.45) is 0. The number of hydrogen-bond donors (Lipinski definition) is 2. The SMILES string of the molecule is CCN(C(=O)Nc1cc(Cl)cc(Cl)c1)C(C)(C)C(=O)O. The first-order chi connectivity index (χ1) is 9.18. The van der Waals surface area contributed by atoms with Gasteiger partial charge in [-0.25, -0.2) is 9.59 Å². The van der Waals surface area contributed by atoms with Crippen molar-refractivity contribution in [2.45, 2.75) is 26.3 Å². The van der Waals surface area contributed by atoms with Crippen molar-refractivity contribution in [3.05, 3.63) is 28.2 Å². The molecule has 0 saturated carbocycles. The van der Waals surface area contributed by atoms with Gasteiger partial charge in [-0.05, 0) is 39.0 Å². The number of nitrogens with zero attached hydrogens (tertiary/aromatic N) is 1. The van der Waals surface area contributed by atoms with Gasteiger partial charge in [-0.15, -0.1) is 0 Å². The number of anilines is 1. The second kappa shape index (κ2) is 6.33. The molecule has 110 valence electrons.